The molecule has 0 saturated carbocycles. The molecule has 1 aromatic carbocycles. The fraction of sp³-hybridized carbons (Fsp3) is 0.364. The van der Waals surface area contributed by atoms with E-state index in [0.29, 0.717) is 6.61 Å². The molecule has 1 aromatic rings. The molecule has 0 bridgehead atoms. The molecule has 0 aliphatic carbocycles. The molecule has 0 saturated heterocycles. The predicted octanol–water partition coefficient (Wildman–Crippen LogP) is 2.41. The topological polar surface area (TPSA) is 101 Å². The summed E-state index contributed by atoms with van der Waals surface area (Å²) in [4.78, 5) is 9.58. The summed E-state index contributed by atoms with van der Waals surface area (Å²) in [6.07, 6.45) is 0.595. The number of ether oxygens (including phenoxy) is 1. The number of carboxylic acid groups (broad SMARTS) is 1. The van der Waals surface area contributed by atoms with Crippen LogP contribution in [0, 0.1) is 0 Å². The first kappa shape index (κ1) is 16.4. The van der Waals surface area contributed by atoms with Crippen molar-refractivity contribution in [3.05, 3.63) is 30.3 Å². The fourth-order valence-electron chi connectivity index (χ4n) is 0.896. The number of unbranched alkanes of at least 4 members (excludes halogenated alkanes) is 1. The van der Waals surface area contributed by atoms with E-state index in [1.54, 1.807) is 18.2 Å². The molecule has 7 heteroatoms. The van der Waals surface area contributed by atoms with Gasteiger partial charge in [0.25, 0.3) is 10.1 Å². The van der Waals surface area contributed by atoms with Crippen LogP contribution in [-0.2, 0) is 14.9 Å². The van der Waals surface area contributed by atoms with E-state index in [1.807, 2.05) is 6.92 Å². The van der Waals surface area contributed by atoms with Crippen molar-refractivity contribution in [1.82, 2.24) is 0 Å². The Hall–Kier alpha value is -1.60. The standard InChI is InChI=1S/C6H6O3S.C5H10O3/c7-10(8,9)6-4-2-1-3-5-6;1-2-3-4-8-5(6)7/h1-5H,(H,7,8,9);2-4H2,1H3,(H,6,7). The van der Waals surface area contributed by atoms with Gasteiger partial charge >= 0.3 is 6.16 Å². The van der Waals surface area contributed by atoms with Gasteiger partial charge in [-0.15, -0.1) is 0 Å². The Balaban J connectivity index is 0.000000331. The summed E-state index contributed by atoms with van der Waals surface area (Å²) in [6.45, 7) is 2.30. The van der Waals surface area contributed by atoms with Crippen molar-refractivity contribution in [2.45, 2.75) is 24.7 Å². The van der Waals surface area contributed by atoms with Gasteiger partial charge in [0.1, 0.15) is 0 Å². The van der Waals surface area contributed by atoms with Gasteiger partial charge < -0.3 is 9.84 Å². The number of hydrogen-bond donors (Lipinski definition) is 2. The summed E-state index contributed by atoms with van der Waals surface area (Å²) in [5.41, 5.74) is 0. The Kier molecular flexibility index (Phi) is 7.73. The maximum Gasteiger partial charge on any atom is 0.505 e. The number of hydrogen-bond acceptors (Lipinski definition) is 4. The van der Waals surface area contributed by atoms with E-state index in [9.17, 15) is 13.2 Å². The quantitative estimate of drug-likeness (QED) is 0.497. The van der Waals surface area contributed by atoms with Gasteiger partial charge in [-0.3, -0.25) is 4.55 Å². The molecule has 0 heterocycles. The van der Waals surface area contributed by atoms with Crippen LogP contribution in [-0.4, -0.2) is 30.8 Å². The van der Waals surface area contributed by atoms with E-state index < -0.39 is 16.3 Å². The smallest absolute Gasteiger partial charge is 0.450 e. The normalized spacial score (nSPS) is 10.1. The summed E-state index contributed by atoms with van der Waals surface area (Å²) in [5, 5.41) is 7.92. The van der Waals surface area contributed by atoms with Crippen LogP contribution < -0.4 is 0 Å². The largest absolute Gasteiger partial charge is 0.505 e. The molecule has 0 aliphatic rings. The highest BCUT2D eigenvalue weighted by Crippen LogP contribution is 2.05. The Morgan fingerprint density at radius 2 is 1.83 bits per heavy atom. The van der Waals surface area contributed by atoms with Crippen LogP contribution in [0.15, 0.2) is 35.2 Å². The molecule has 0 aromatic heterocycles. The second-order valence-electron chi connectivity index (χ2n) is 3.26. The summed E-state index contributed by atoms with van der Waals surface area (Å²) >= 11 is 0. The SMILES string of the molecule is CCCCOC(=O)O.O=S(=O)(O)c1ccccc1. The van der Waals surface area contributed by atoms with Gasteiger partial charge in [0.05, 0.1) is 11.5 Å². The Morgan fingerprint density at radius 3 is 2.17 bits per heavy atom. The number of carbonyl (C=O) groups is 1. The third kappa shape index (κ3) is 8.54. The second kappa shape index (κ2) is 8.48. The lowest BCUT2D eigenvalue weighted by atomic mass is 10.4. The highest BCUT2D eigenvalue weighted by molar-refractivity contribution is 7.85. The maximum atomic E-state index is 10.4. The molecule has 18 heavy (non-hydrogen) atoms. The van der Waals surface area contributed by atoms with Gasteiger partial charge in [-0.25, -0.2) is 4.79 Å². The van der Waals surface area contributed by atoms with Crippen LogP contribution in [0.25, 0.3) is 0 Å². The van der Waals surface area contributed by atoms with Gasteiger partial charge in [-0.1, -0.05) is 31.5 Å². The van der Waals surface area contributed by atoms with Crippen molar-refractivity contribution < 1.29 is 27.6 Å². The average Bonchev–Trinajstić information content (AvgIpc) is 2.30. The molecular formula is C11H16O6S. The lowest BCUT2D eigenvalue weighted by Gasteiger charge is -1.94. The van der Waals surface area contributed by atoms with Gasteiger partial charge in [0.2, 0.25) is 0 Å². The molecule has 0 spiro atoms. The molecule has 6 nitrogen and oxygen atoms in total. The lowest BCUT2D eigenvalue weighted by Crippen LogP contribution is -2.00. The molecule has 0 amide bonds. The highest BCUT2D eigenvalue weighted by atomic mass is 32.2. The fourth-order valence-corrected chi connectivity index (χ4v) is 1.40. The zero-order chi connectivity index (χ0) is 14.0. The zero-order valence-electron chi connectivity index (χ0n) is 9.94. The summed E-state index contributed by atoms with van der Waals surface area (Å²) in [6, 6.07) is 7.42. The minimum absolute atomic E-state index is 0.0741. The van der Waals surface area contributed by atoms with Crippen molar-refractivity contribution in [2.24, 2.45) is 0 Å². The van der Waals surface area contributed by atoms with Crippen LogP contribution in [0.1, 0.15) is 19.8 Å². The van der Waals surface area contributed by atoms with E-state index in [4.69, 9.17) is 9.66 Å². The minimum atomic E-state index is -4.00. The van der Waals surface area contributed by atoms with E-state index >= 15 is 0 Å². The number of rotatable bonds is 4. The van der Waals surface area contributed by atoms with Gasteiger partial charge in [-0.2, -0.15) is 8.42 Å². The van der Waals surface area contributed by atoms with E-state index in [1.165, 1.54) is 12.1 Å². The third-order valence-corrected chi connectivity index (χ3v) is 2.63. The maximum absolute atomic E-state index is 10.4. The van der Waals surface area contributed by atoms with Crippen molar-refractivity contribution in [3.63, 3.8) is 0 Å². The van der Waals surface area contributed by atoms with Crippen LogP contribution in [0.5, 0.6) is 0 Å². The van der Waals surface area contributed by atoms with Gasteiger partial charge in [0.15, 0.2) is 0 Å². The van der Waals surface area contributed by atoms with Crippen molar-refractivity contribution >= 4 is 16.3 Å². The van der Waals surface area contributed by atoms with Gasteiger partial charge in [-0.05, 0) is 18.6 Å². The molecule has 2 N–H and O–H groups in total. The Labute approximate surface area is 106 Å². The first-order valence-corrected chi connectivity index (χ1v) is 6.70. The summed E-state index contributed by atoms with van der Waals surface area (Å²) in [5.74, 6) is 0. The van der Waals surface area contributed by atoms with Crippen LogP contribution in [0.4, 0.5) is 4.79 Å². The molecule has 0 atom stereocenters. The molecule has 0 fully saturated rings. The molecule has 102 valence electrons. The average molecular weight is 276 g/mol. The third-order valence-electron chi connectivity index (χ3n) is 1.76. The van der Waals surface area contributed by atoms with Crippen molar-refractivity contribution in [1.29, 1.82) is 0 Å². The van der Waals surface area contributed by atoms with E-state index in [2.05, 4.69) is 4.74 Å². The van der Waals surface area contributed by atoms with Crippen LogP contribution in [0.3, 0.4) is 0 Å². The minimum Gasteiger partial charge on any atom is -0.450 e. The van der Waals surface area contributed by atoms with Crippen LogP contribution in [0.2, 0.25) is 0 Å². The predicted molar refractivity (Wildman–Crippen MR) is 65.1 cm³/mol. The molecule has 0 unspecified atom stereocenters. The first-order valence-electron chi connectivity index (χ1n) is 5.26. The van der Waals surface area contributed by atoms with Gasteiger partial charge in [0, 0.05) is 0 Å². The van der Waals surface area contributed by atoms with Crippen molar-refractivity contribution in [3.8, 4) is 0 Å². The first-order chi connectivity index (χ1) is 8.38. The van der Waals surface area contributed by atoms with E-state index in [-0.39, 0.29) is 4.90 Å². The molecule has 0 radical (unpaired) electrons. The Bertz CT molecular complexity index is 440. The van der Waals surface area contributed by atoms with Crippen LogP contribution >= 0.6 is 0 Å². The van der Waals surface area contributed by atoms with Crippen molar-refractivity contribution in [2.75, 3.05) is 6.61 Å². The second-order valence-corrected chi connectivity index (χ2v) is 4.68. The lowest BCUT2D eigenvalue weighted by molar-refractivity contribution is 0.0905. The number of benzene rings is 1. The molecule has 1 rings (SSSR count). The monoisotopic (exact) mass is 276 g/mol. The highest BCUT2D eigenvalue weighted by Gasteiger charge is 2.05. The van der Waals surface area contributed by atoms with E-state index in [0.717, 1.165) is 12.8 Å². The summed E-state index contributed by atoms with van der Waals surface area (Å²) in [7, 11) is -4.00. The Morgan fingerprint density at radius 1 is 1.28 bits per heavy atom. The molecule has 0 aliphatic heterocycles. The summed E-state index contributed by atoms with van der Waals surface area (Å²) < 4.78 is 33.4. The zero-order valence-corrected chi connectivity index (χ0v) is 10.8. The molecular weight excluding hydrogens is 260 g/mol.